The molecule has 1 aliphatic heterocycles. The van der Waals surface area contributed by atoms with E-state index in [1.807, 2.05) is 35.2 Å². The number of para-hydroxylation sites is 1. The molecule has 4 aromatic rings. The van der Waals surface area contributed by atoms with Crippen LogP contribution in [0.2, 0.25) is 0 Å². The normalized spacial score (nSPS) is 14.1. The van der Waals surface area contributed by atoms with E-state index in [1.165, 1.54) is 0 Å². The number of benzene rings is 2. The highest BCUT2D eigenvalue weighted by molar-refractivity contribution is 6.01. The van der Waals surface area contributed by atoms with Gasteiger partial charge in [-0.15, -0.1) is 0 Å². The number of methoxy groups -OCH3 is 1. The van der Waals surface area contributed by atoms with Crippen LogP contribution in [0.4, 0.5) is 11.5 Å². The molecule has 186 valence electrons. The second kappa shape index (κ2) is 9.52. The molecule has 8 nitrogen and oxygen atoms in total. The molecule has 1 aliphatic rings. The van der Waals surface area contributed by atoms with Crippen LogP contribution in [0.25, 0.3) is 22.0 Å². The first-order valence-corrected chi connectivity index (χ1v) is 12.0. The molecule has 1 fully saturated rings. The molecule has 0 radical (unpaired) electrons. The van der Waals surface area contributed by atoms with Crippen LogP contribution in [0.15, 0.2) is 67.0 Å². The van der Waals surface area contributed by atoms with E-state index in [1.54, 1.807) is 62.5 Å². The maximum atomic E-state index is 13.1. The number of hydrogen-bond donors (Lipinski definition) is 1. The van der Waals surface area contributed by atoms with E-state index in [4.69, 9.17) is 15.0 Å². The van der Waals surface area contributed by atoms with Gasteiger partial charge in [-0.05, 0) is 43.7 Å². The monoisotopic (exact) mass is 493 g/mol. The van der Waals surface area contributed by atoms with Gasteiger partial charge in [-0.2, -0.15) is 5.26 Å². The Morgan fingerprint density at radius 3 is 2.43 bits per heavy atom. The number of anilines is 2. The van der Waals surface area contributed by atoms with E-state index in [0.717, 1.165) is 27.7 Å². The van der Waals surface area contributed by atoms with Gasteiger partial charge in [0, 0.05) is 35.8 Å². The van der Waals surface area contributed by atoms with Gasteiger partial charge in [0.2, 0.25) is 5.91 Å². The summed E-state index contributed by atoms with van der Waals surface area (Å²) in [5.41, 5.74) is 3.73. The number of aromatic nitrogens is 2. The number of fused-ring (bicyclic) bond motifs is 1. The molecule has 0 unspecified atom stereocenters. The molecule has 0 atom stereocenters. The lowest BCUT2D eigenvalue weighted by atomic mass is 10.00. The fraction of sp³-hybridized carbons (Fsp3) is 0.241. The Balaban J connectivity index is 1.43. The number of nitrogens with zero attached hydrogens (tertiary/aromatic N) is 5. The van der Waals surface area contributed by atoms with Crippen molar-refractivity contribution < 1.29 is 14.6 Å². The zero-order chi connectivity index (χ0) is 26.2. The lowest BCUT2D eigenvalue weighted by molar-refractivity contribution is -0.117. The largest absolute Gasteiger partial charge is 0.494 e. The Morgan fingerprint density at radius 2 is 1.81 bits per heavy atom. The Labute approximate surface area is 215 Å². The van der Waals surface area contributed by atoms with Crippen molar-refractivity contribution in [1.29, 1.82) is 5.26 Å². The number of nitriles is 1. The molecule has 0 bridgehead atoms. The third-order valence-corrected chi connectivity index (χ3v) is 6.65. The Bertz CT molecular complexity index is 1500. The van der Waals surface area contributed by atoms with E-state index >= 15 is 0 Å². The standard InChI is InChI=1S/C29H27N5O3/c1-29(2,36)21-11-12-25(31-16-21)34-14-13-33(18-26(34)35)24-17-32-27-22(5-4-6-23(27)28(24)37-3)20-9-7-19(15-30)8-10-20/h4-12,16-17,36H,13-14,18H2,1-3H3. The van der Waals surface area contributed by atoms with Crippen LogP contribution in [0.3, 0.4) is 0 Å². The number of amides is 1. The molecular formula is C29H27N5O3. The molecule has 0 saturated carbocycles. The van der Waals surface area contributed by atoms with Crippen LogP contribution in [0, 0.1) is 11.3 Å². The maximum absolute atomic E-state index is 13.1. The lowest BCUT2D eigenvalue weighted by Crippen LogP contribution is -2.51. The molecular weight excluding hydrogens is 466 g/mol. The first kappa shape index (κ1) is 24.2. The van der Waals surface area contributed by atoms with Crippen molar-refractivity contribution in [2.75, 3.05) is 36.5 Å². The zero-order valence-electron chi connectivity index (χ0n) is 21.0. The number of carbonyl (C=O) groups excluding carboxylic acids is 1. The maximum Gasteiger partial charge on any atom is 0.247 e. The molecule has 8 heteroatoms. The van der Waals surface area contributed by atoms with E-state index in [2.05, 4.69) is 11.1 Å². The molecule has 3 heterocycles. The highest BCUT2D eigenvalue weighted by Gasteiger charge is 2.29. The average molecular weight is 494 g/mol. The average Bonchev–Trinajstić information content (AvgIpc) is 2.91. The molecule has 2 aromatic heterocycles. The minimum atomic E-state index is -0.992. The van der Waals surface area contributed by atoms with E-state index in [-0.39, 0.29) is 12.5 Å². The third kappa shape index (κ3) is 4.57. The van der Waals surface area contributed by atoms with Crippen molar-refractivity contribution in [1.82, 2.24) is 9.97 Å². The first-order chi connectivity index (χ1) is 17.8. The molecule has 0 spiro atoms. The Hall–Kier alpha value is -4.48. The number of aliphatic hydroxyl groups is 1. The van der Waals surface area contributed by atoms with Crippen molar-refractivity contribution in [2.24, 2.45) is 0 Å². The minimum absolute atomic E-state index is 0.0803. The Kier molecular flexibility index (Phi) is 6.24. The number of pyridine rings is 2. The number of carbonyl (C=O) groups is 1. The summed E-state index contributed by atoms with van der Waals surface area (Å²) >= 11 is 0. The molecule has 1 saturated heterocycles. The third-order valence-electron chi connectivity index (χ3n) is 6.65. The SMILES string of the molecule is COc1c(N2CCN(c3ccc(C(C)(C)O)cn3)C(=O)C2)cnc2c(-c3ccc(C#N)cc3)cccc12. The highest BCUT2D eigenvalue weighted by Crippen LogP contribution is 2.39. The van der Waals surface area contributed by atoms with Crippen LogP contribution in [-0.4, -0.2) is 47.7 Å². The number of rotatable bonds is 5. The molecule has 0 aliphatic carbocycles. The second-order valence-corrected chi connectivity index (χ2v) is 9.50. The van der Waals surface area contributed by atoms with Crippen LogP contribution >= 0.6 is 0 Å². The van der Waals surface area contributed by atoms with Crippen LogP contribution in [0.1, 0.15) is 25.0 Å². The summed E-state index contributed by atoms with van der Waals surface area (Å²) in [6.45, 7) is 4.60. The quantitative estimate of drug-likeness (QED) is 0.443. The molecule has 1 N–H and O–H groups in total. The summed E-state index contributed by atoms with van der Waals surface area (Å²) in [7, 11) is 1.62. The number of hydrogen-bond acceptors (Lipinski definition) is 7. The molecule has 2 aromatic carbocycles. The smallest absolute Gasteiger partial charge is 0.247 e. The van der Waals surface area contributed by atoms with Gasteiger partial charge in [0.05, 0.1) is 48.3 Å². The summed E-state index contributed by atoms with van der Waals surface area (Å²) in [4.78, 5) is 25.9. The van der Waals surface area contributed by atoms with Crippen LogP contribution in [-0.2, 0) is 10.4 Å². The van der Waals surface area contributed by atoms with Crippen LogP contribution < -0.4 is 14.5 Å². The fourth-order valence-corrected chi connectivity index (χ4v) is 4.61. The summed E-state index contributed by atoms with van der Waals surface area (Å²) in [6.07, 6.45) is 3.37. The van der Waals surface area contributed by atoms with Gasteiger partial charge in [-0.25, -0.2) is 4.98 Å². The van der Waals surface area contributed by atoms with Crippen molar-refractivity contribution in [3.63, 3.8) is 0 Å². The fourth-order valence-electron chi connectivity index (χ4n) is 4.61. The molecule has 5 rings (SSSR count). The first-order valence-electron chi connectivity index (χ1n) is 12.0. The topological polar surface area (TPSA) is 103 Å². The van der Waals surface area contributed by atoms with Crippen molar-refractivity contribution >= 4 is 28.3 Å². The van der Waals surface area contributed by atoms with E-state index < -0.39 is 5.60 Å². The van der Waals surface area contributed by atoms with Gasteiger partial charge >= 0.3 is 0 Å². The van der Waals surface area contributed by atoms with Crippen molar-refractivity contribution in [3.8, 4) is 22.9 Å². The van der Waals surface area contributed by atoms with Crippen molar-refractivity contribution in [2.45, 2.75) is 19.4 Å². The second-order valence-electron chi connectivity index (χ2n) is 9.50. The van der Waals surface area contributed by atoms with Gasteiger partial charge in [-0.1, -0.05) is 30.3 Å². The molecule has 37 heavy (non-hydrogen) atoms. The van der Waals surface area contributed by atoms with Gasteiger partial charge in [0.1, 0.15) is 5.82 Å². The minimum Gasteiger partial charge on any atom is -0.494 e. The number of piperazine rings is 1. The van der Waals surface area contributed by atoms with Gasteiger partial charge < -0.3 is 14.7 Å². The van der Waals surface area contributed by atoms with Gasteiger partial charge in [0.25, 0.3) is 0 Å². The summed E-state index contributed by atoms with van der Waals surface area (Å²) in [5.74, 6) is 1.14. The summed E-state index contributed by atoms with van der Waals surface area (Å²) in [6, 6.07) is 19.0. The summed E-state index contributed by atoms with van der Waals surface area (Å²) < 4.78 is 5.85. The Morgan fingerprint density at radius 1 is 1.03 bits per heavy atom. The molecule has 1 amide bonds. The zero-order valence-corrected chi connectivity index (χ0v) is 21.0. The number of ether oxygens (including phenoxy) is 1. The van der Waals surface area contributed by atoms with Gasteiger partial charge in [0.15, 0.2) is 5.75 Å². The lowest BCUT2D eigenvalue weighted by Gasteiger charge is -2.35. The highest BCUT2D eigenvalue weighted by atomic mass is 16.5. The van der Waals surface area contributed by atoms with Crippen LogP contribution in [0.5, 0.6) is 5.75 Å². The van der Waals surface area contributed by atoms with E-state index in [9.17, 15) is 9.90 Å². The predicted octanol–water partition coefficient (Wildman–Crippen LogP) is 4.26. The van der Waals surface area contributed by atoms with Gasteiger partial charge in [-0.3, -0.25) is 14.7 Å². The van der Waals surface area contributed by atoms with Crippen molar-refractivity contribution in [3.05, 3.63) is 78.1 Å². The summed E-state index contributed by atoms with van der Waals surface area (Å²) in [5, 5.41) is 20.1. The van der Waals surface area contributed by atoms with E-state index in [0.29, 0.717) is 35.8 Å². The predicted molar refractivity (Wildman–Crippen MR) is 142 cm³/mol.